The largest absolute Gasteiger partial charge is 0.497 e. The number of carbonyl (C=O) groups is 1. The highest BCUT2D eigenvalue weighted by Gasteiger charge is 2.34. The van der Waals surface area contributed by atoms with Crippen molar-refractivity contribution >= 4 is 17.3 Å². The predicted molar refractivity (Wildman–Crippen MR) is 119 cm³/mol. The summed E-state index contributed by atoms with van der Waals surface area (Å²) in [4.78, 5) is 15.2. The summed E-state index contributed by atoms with van der Waals surface area (Å²) in [5.41, 5.74) is 4.42. The van der Waals surface area contributed by atoms with Crippen LogP contribution >= 0.6 is 0 Å². The van der Waals surface area contributed by atoms with Crippen LogP contribution in [0.15, 0.2) is 84.6 Å². The van der Waals surface area contributed by atoms with E-state index in [-0.39, 0.29) is 11.9 Å². The Morgan fingerprint density at radius 3 is 1.93 bits per heavy atom. The van der Waals surface area contributed by atoms with E-state index >= 15 is 0 Å². The molecule has 1 N–H and O–H groups in total. The number of hydrogen-bond acceptors (Lipinski definition) is 4. The Kier molecular flexibility index (Phi) is 5.44. The van der Waals surface area contributed by atoms with Crippen LogP contribution in [0.5, 0.6) is 11.5 Å². The molecular weight excluding hydrogens is 376 g/mol. The first-order valence-corrected chi connectivity index (χ1v) is 9.76. The molecule has 1 unspecified atom stereocenters. The van der Waals surface area contributed by atoms with Crippen molar-refractivity contribution in [2.24, 2.45) is 0 Å². The summed E-state index contributed by atoms with van der Waals surface area (Å²) < 4.78 is 10.5. The molecule has 1 atom stereocenters. The van der Waals surface area contributed by atoms with Gasteiger partial charge in [-0.1, -0.05) is 29.8 Å². The van der Waals surface area contributed by atoms with E-state index in [9.17, 15) is 4.79 Å². The third-order valence-electron chi connectivity index (χ3n) is 5.19. The Bertz CT molecular complexity index is 1060. The monoisotopic (exact) mass is 400 g/mol. The predicted octanol–water partition coefficient (Wildman–Crippen LogP) is 5.10. The van der Waals surface area contributed by atoms with Crippen LogP contribution in [0.3, 0.4) is 0 Å². The first-order valence-electron chi connectivity index (χ1n) is 9.76. The molecule has 4 rings (SSSR count). The molecule has 0 fully saturated rings. The van der Waals surface area contributed by atoms with Gasteiger partial charge in [0.15, 0.2) is 0 Å². The number of anilines is 2. The topological polar surface area (TPSA) is 50.8 Å². The molecule has 1 aliphatic heterocycles. The summed E-state index contributed by atoms with van der Waals surface area (Å²) in [6.07, 6.45) is 1.97. The van der Waals surface area contributed by atoms with Crippen molar-refractivity contribution in [2.75, 3.05) is 24.4 Å². The molecule has 0 radical (unpaired) electrons. The van der Waals surface area contributed by atoms with Gasteiger partial charge < -0.3 is 14.8 Å². The molecular formula is C25H24N2O3. The summed E-state index contributed by atoms with van der Waals surface area (Å²) in [5.74, 6) is 1.44. The number of ether oxygens (including phenoxy) is 2. The molecule has 3 aromatic carbocycles. The van der Waals surface area contributed by atoms with Crippen molar-refractivity contribution in [3.05, 3.63) is 95.7 Å². The van der Waals surface area contributed by atoms with Gasteiger partial charge in [-0.3, -0.25) is 9.69 Å². The summed E-state index contributed by atoms with van der Waals surface area (Å²) in [5, 5.41) is 3.27. The SMILES string of the molecule is COc1ccc(NC2=CC(c3ccc(C)cc3)N(c3ccc(OC)cc3)C2=O)cc1. The van der Waals surface area contributed by atoms with E-state index in [1.54, 1.807) is 19.1 Å². The van der Waals surface area contributed by atoms with Gasteiger partial charge in [0.25, 0.3) is 5.91 Å². The quantitative estimate of drug-likeness (QED) is 0.626. The molecule has 1 amide bonds. The van der Waals surface area contributed by atoms with Crippen LogP contribution in [0.1, 0.15) is 17.2 Å². The zero-order valence-electron chi connectivity index (χ0n) is 17.3. The van der Waals surface area contributed by atoms with Crippen molar-refractivity contribution in [1.82, 2.24) is 0 Å². The summed E-state index contributed by atoms with van der Waals surface area (Å²) in [6, 6.07) is 23.1. The number of nitrogens with one attached hydrogen (secondary N) is 1. The zero-order valence-corrected chi connectivity index (χ0v) is 17.3. The summed E-state index contributed by atoms with van der Waals surface area (Å²) >= 11 is 0. The normalized spacial score (nSPS) is 15.7. The number of amides is 1. The number of carbonyl (C=O) groups excluding carboxylic acids is 1. The van der Waals surface area contributed by atoms with Gasteiger partial charge in [-0.25, -0.2) is 0 Å². The zero-order chi connectivity index (χ0) is 21.1. The van der Waals surface area contributed by atoms with Crippen LogP contribution in [-0.2, 0) is 4.79 Å². The molecule has 3 aromatic rings. The number of benzene rings is 3. The van der Waals surface area contributed by atoms with Crippen LogP contribution in [0, 0.1) is 6.92 Å². The number of hydrogen-bond donors (Lipinski definition) is 1. The smallest absolute Gasteiger partial charge is 0.275 e. The second kappa shape index (κ2) is 8.33. The van der Waals surface area contributed by atoms with Crippen molar-refractivity contribution in [1.29, 1.82) is 0 Å². The standard InChI is InChI=1S/C25H24N2O3/c1-17-4-6-18(7-5-17)24-16-23(26-19-8-12-21(29-2)13-9-19)25(28)27(24)20-10-14-22(30-3)15-11-20/h4-16,24,26H,1-3H3. The number of rotatable bonds is 6. The average Bonchev–Trinajstić information content (AvgIpc) is 3.10. The van der Waals surface area contributed by atoms with Crippen molar-refractivity contribution < 1.29 is 14.3 Å². The molecule has 5 heteroatoms. The Hall–Kier alpha value is -3.73. The lowest BCUT2D eigenvalue weighted by Gasteiger charge is -2.25. The Morgan fingerprint density at radius 1 is 0.800 bits per heavy atom. The van der Waals surface area contributed by atoms with Gasteiger partial charge in [-0.05, 0) is 67.1 Å². The van der Waals surface area contributed by atoms with E-state index in [1.165, 1.54) is 5.56 Å². The lowest BCUT2D eigenvalue weighted by atomic mass is 10.0. The van der Waals surface area contributed by atoms with Gasteiger partial charge >= 0.3 is 0 Å². The molecule has 0 aliphatic carbocycles. The minimum Gasteiger partial charge on any atom is -0.497 e. The van der Waals surface area contributed by atoms with Crippen LogP contribution in [-0.4, -0.2) is 20.1 Å². The van der Waals surface area contributed by atoms with E-state index in [0.717, 1.165) is 28.4 Å². The molecule has 0 saturated carbocycles. The highest BCUT2D eigenvalue weighted by molar-refractivity contribution is 6.11. The van der Waals surface area contributed by atoms with Crippen LogP contribution in [0.2, 0.25) is 0 Å². The van der Waals surface area contributed by atoms with Crippen LogP contribution < -0.4 is 19.7 Å². The number of nitrogens with zero attached hydrogens (tertiary/aromatic N) is 1. The number of methoxy groups -OCH3 is 2. The Balaban J connectivity index is 1.68. The molecule has 1 heterocycles. The maximum absolute atomic E-state index is 13.4. The van der Waals surface area contributed by atoms with Gasteiger partial charge in [0.2, 0.25) is 0 Å². The Morgan fingerprint density at radius 2 is 1.37 bits per heavy atom. The highest BCUT2D eigenvalue weighted by Crippen LogP contribution is 2.37. The fourth-order valence-corrected chi connectivity index (χ4v) is 3.51. The molecule has 0 saturated heterocycles. The van der Waals surface area contributed by atoms with Gasteiger partial charge in [0.1, 0.15) is 17.2 Å². The molecule has 30 heavy (non-hydrogen) atoms. The first kappa shape index (κ1) is 19.6. The maximum Gasteiger partial charge on any atom is 0.275 e. The number of aryl methyl sites for hydroxylation is 1. The van der Waals surface area contributed by atoms with E-state index in [2.05, 4.69) is 36.5 Å². The minimum absolute atomic E-state index is 0.0819. The van der Waals surface area contributed by atoms with Crippen LogP contribution in [0.4, 0.5) is 11.4 Å². The fourth-order valence-electron chi connectivity index (χ4n) is 3.51. The lowest BCUT2D eigenvalue weighted by Crippen LogP contribution is -2.30. The molecule has 152 valence electrons. The maximum atomic E-state index is 13.4. The van der Waals surface area contributed by atoms with Crippen LogP contribution in [0.25, 0.3) is 0 Å². The lowest BCUT2D eigenvalue weighted by molar-refractivity contribution is -0.114. The molecule has 0 bridgehead atoms. The van der Waals surface area contributed by atoms with E-state index in [4.69, 9.17) is 9.47 Å². The van der Waals surface area contributed by atoms with Crippen molar-refractivity contribution in [2.45, 2.75) is 13.0 Å². The second-order valence-electron chi connectivity index (χ2n) is 7.16. The highest BCUT2D eigenvalue weighted by atomic mass is 16.5. The minimum atomic E-state index is -0.202. The first-order chi connectivity index (χ1) is 14.6. The molecule has 1 aliphatic rings. The molecule has 0 spiro atoms. The fraction of sp³-hybridized carbons (Fsp3) is 0.160. The molecule has 5 nitrogen and oxygen atoms in total. The van der Waals surface area contributed by atoms with Gasteiger partial charge in [0.05, 0.1) is 20.3 Å². The van der Waals surface area contributed by atoms with Crippen molar-refractivity contribution in [3.8, 4) is 11.5 Å². The van der Waals surface area contributed by atoms with E-state index < -0.39 is 0 Å². The van der Waals surface area contributed by atoms with E-state index in [1.807, 2.05) is 54.6 Å². The van der Waals surface area contributed by atoms with Gasteiger partial charge in [-0.2, -0.15) is 0 Å². The van der Waals surface area contributed by atoms with Gasteiger partial charge in [0, 0.05) is 11.4 Å². The summed E-state index contributed by atoms with van der Waals surface area (Å²) in [6.45, 7) is 2.05. The third kappa shape index (κ3) is 3.87. The Labute approximate surface area is 176 Å². The van der Waals surface area contributed by atoms with Crippen molar-refractivity contribution in [3.63, 3.8) is 0 Å². The summed E-state index contributed by atoms with van der Waals surface area (Å²) in [7, 11) is 3.26. The van der Waals surface area contributed by atoms with E-state index in [0.29, 0.717) is 5.70 Å². The third-order valence-corrected chi connectivity index (χ3v) is 5.19. The second-order valence-corrected chi connectivity index (χ2v) is 7.16. The molecule has 0 aromatic heterocycles. The van der Waals surface area contributed by atoms with Gasteiger partial charge in [-0.15, -0.1) is 0 Å². The average molecular weight is 400 g/mol.